The molecule has 0 aliphatic carbocycles. The summed E-state index contributed by atoms with van der Waals surface area (Å²) in [5.74, 6) is -0.600. The Morgan fingerprint density at radius 3 is 2.71 bits per heavy atom. The Morgan fingerprint density at radius 1 is 1.24 bits per heavy atom. The van der Waals surface area contributed by atoms with E-state index < -0.39 is 5.91 Å². The van der Waals surface area contributed by atoms with Gasteiger partial charge in [0, 0.05) is 12.4 Å². The molecule has 0 aliphatic heterocycles. The first-order chi connectivity index (χ1) is 10.2. The average Bonchev–Trinajstić information content (AvgIpc) is 2.81. The van der Waals surface area contributed by atoms with Gasteiger partial charge in [-0.05, 0) is 11.6 Å². The molecule has 0 radical (unpaired) electrons. The van der Waals surface area contributed by atoms with Gasteiger partial charge in [0.2, 0.25) is 0 Å². The standard InChI is InChI=1S/C15H12N4O2/c16-14(20)11(10-4-2-1-3-5-10)9-19-13-6-7-17-8-12(13)18-15(19)21/h1-9H,(H2,16,20)(H,18,21). The first kappa shape index (κ1) is 12.9. The van der Waals surface area contributed by atoms with E-state index in [1.807, 2.05) is 6.07 Å². The van der Waals surface area contributed by atoms with Gasteiger partial charge in [-0.3, -0.25) is 14.3 Å². The molecule has 1 aromatic carbocycles. The van der Waals surface area contributed by atoms with Crippen molar-refractivity contribution >= 4 is 28.7 Å². The highest BCUT2D eigenvalue weighted by Gasteiger charge is 2.11. The second-order valence-electron chi connectivity index (χ2n) is 4.47. The first-order valence-electron chi connectivity index (χ1n) is 6.28. The summed E-state index contributed by atoms with van der Waals surface area (Å²) in [5.41, 5.74) is 7.22. The number of rotatable bonds is 3. The molecule has 6 nitrogen and oxygen atoms in total. The lowest BCUT2D eigenvalue weighted by molar-refractivity contribution is -0.112. The van der Waals surface area contributed by atoms with Gasteiger partial charge < -0.3 is 10.7 Å². The molecule has 0 atom stereocenters. The molecule has 104 valence electrons. The third-order valence-corrected chi connectivity index (χ3v) is 3.13. The van der Waals surface area contributed by atoms with Crippen LogP contribution in [0.15, 0.2) is 53.6 Å². The normalized spacial score (nSPS) is 11.7. The molecule has 3 aromatic rings. The lowest BCUT2D eigenvalue weighted by Crippen LogP contribution is -2.17. The SMILES string of the molecule is NC(=O)C(=Cn1c(=O)[nH]c2cnccc21)c1ccccc1. The van der Waals surface area contributed by atoms with E-state index in [2.05, 4.69) is 9.97 Å². The summed E-state index contributed by atoms with van der Waals surface area (Å²) in [6.07, 6.45) is 4.57. The molecule has 0 unspecified atom stereocenters. The molecule has 0 saturated carbocycles. The molecule has 0 spiro atoms. The zero-order valence-electron chi connectivity index (χ0n) is 11.0. The van der Waals surface area contributed by atoms with Crippen LogP contribution in [0.25, 0.3) is 22.8 Å². The number of imidazole rings is 1. The fourth-order valence-electron chi connectivity index (χ4n) is 2.13. The number of primary amides is 1. The number of hydrogen-bond donors (Lipinski definition) is 2. The highest BCUT2D eigenvalue weighted by Crippen LogP contribution is 2.16. The van der Waals surface area contributed by atoms with Crippen LogP contribution in [0.2, 0.25) is 0 Å². The lowest BCUT2D eigenvalue weighted by Gasteiger charge is -2.04. The van der Waals surface area contributed by atoms with Crippen LogP contribution >= 0.6 is 0 Å². The van der Waals surface area contributed by atoms with E-state index in [1.165, 1.54) is 10.8 Å². The smallest absolute Gasteiger partial charge is 0.330 e. The van der Waals surface area contributed by atoms with Crippen molar-refractivity contribution in [3.8, 4) is 0 Å². The molecule has 0 saturated heterocycles. The van der Waals surface area contributed by atoms with Crippen LogP contribution in [0.4, 0.5) is 0 Å². The number of nitrogens with zero attached hydrogens (tertiary/aromatic N) is 2. The molecule has 2 aromatic heterocycles. The lowest BCUT2D eigenvalue weighted by atomic mass is 10.1. The van der Waals surface area contributed by atoms with E-state index in [9.17, 15) is 9.59 Å². The number of fused-ring (bicyclic) bond motifs is 1. The number of pyridine rings is 1. The van der Waals surface area contributed by atoms with Crippen molar-refractivity contribution in [3.63, 3.8) is 0 Å². The Labute approximate surface area is 119 Å². The number of aromatic amines is 1. The van der Waals surface area contributed by atoms with Crippen LogP contribution in [0.5, 0.6) is 0 Å². The maximum absolute atomic E-state index is 12.0. The highest BCUT2D eigenvalue weighted by atomic mass is 16.1. The number of carbonyl (C=O) groups excluding carboxylic acids is 1. The van der Waals surface area contributed by atoms with Crippen molar-refractivity contribution in [3.05, 3.63) is 64.8 Å². The number of nitrogens with one attached hydrogen (secondary N) is 1. The zero-order valence-corrected chi connectivity index (χ0v) is 11.0. The maximum Gasteiger partial charge on any atom is 0.330 e. The van der Waals surface area contributed by atoms with Gasteiger partial charge in [0.05, 0.1) is 22.8 Å². The van der Waals surface area contributed by atoms with Gasteiger partial charge in [-0.15, -0.1) is 0 Å². The minimum absolute atomic E-state index is 0.260. The van der Waals surface area contributed by atoms with Gasteiger partial charge >= 0.3 is 5.69 Å². The molecule has 0 bridgehead atoms. The fourth-order valence-corrected chi connectivity index (χ4v) is 2.13. The Balaban J connectivity index is 2.24. The van der Waals surface area contributed by atoms with Crippen LogP contribution in [0, 0.1) is 0 Å². The van der Waals surface area contributed by atoms with Crippen molar-refractivity contribution < 1.29 is 4.79 Å². The molecular formula is C15H12N4O2. The zero-order chi connectivity index (χ0) is 14.8. The summed E-state index contributed by atoms with van der Waals surface area (Å²) in [5, 5.41) is 0. The van der Waals surface area contributed by atoms with E-state index in [-0.39, 0.29) is 11.3 Å². The molecule has 3 rings (SSSR count). The number of hydrogen-bond acceptors (Lipinski definition) is 3. The third kappa shape index (κ3) is 2.34. The molecule has 21 heavy (non-hydrogen) atoms. The first-order valence-corrected chi connectivity index (χ1v) is 6.28. The summed E-state index contributed by atoms with van der Waals surface area (Å²) >= 11 is 0. The Kier molecular flexibility index (Phi) is 3.12. The largest absolute Gasteiger partial charge is 0.366 e. The van der Waals surface area contributed by atoms with Crippen molar-refractivity contribution in [2.24, 2.45) is 5.73 Å². The van der Waals surface area contributed by atoms with Crippen molar-refractivity contribution in [1.29, 1.82) is 0 Å². The summed E-state index contributed by atoms with van der Waals surface area (Å²) in [6, 6.07) is 10.6. The Morgan fingerprint density at radius 2 is 2.00 bits per heavy atom. The van der Waals surface area contributed by atoms with Gasteiger partial charge in [0.15, 0.2) is 0 Å². The summed E-state index contributed by atoms with van der Waals surface area (Å²) in [6.45, 7) is 0. The number of H-pyrrole nitrogens is 1. The van der Waals surface area contributed by atoms with E-state index >= 15 is 0 Å². The minimum Gasteiger partial charge on any atom is -0.366 e. The summed E-state index contributed by atoms with van der Waals surface area (Å²) in [7, 11) is 0. The van der Waals surface area contributed by atoms with Crippen LogP contribution < -0.4 is 11.4 Å². The molecule has 0 aliphatic rings. The van der Waals surface area contributed by atoms with Crippen LogP contribution in [0.1, 0.15) is 5.56 Å². The molecule has 0 fully saturated rings. The van der Waals surface area contributed by atoms with Gasteiger partial charge in [-0.2, -0.15) is 0 Å². The molecule has 1 amide bonds. The monoisotopic (exact) mass is 280 g/mol. The number of amides is 1. The predicted octanol–water partition coefficient (Wildman–Crippen LogP) is 1.21. The maximum atomic E-state index is 12.0. The molecule has 6 heteroatoms. The van der Waals surface area contributed by atoms with E-state index in [1.54, 1.807) is 42.7 Å². The van der Waals surface area contributed by atoms with Crippen molar-refractivity contribution in [2.45, 2.75) is 0 Å². The minimum atomic E-state index is -0.600. The Bertz CT molecular complexity index is 891. The van der Waals surface area contributed by atoms with Gasteiger partial charge in [0.1, 0.15) is 0 Å². The number of benzene rings is 1. The summed E-state index contributed by atoms with van der Waals surface area (Å²) < 4.78 is 1.35. The topological polar surface area (TPSA) is 93.8 Å². The van der Waals surface area contributed by atoms with Crippen molar-refractivity contribution in [2.75, 3.05) is 0 Å². The van der Waals surface area contributed by atoms with Crippen molar-refractivity contribution in [1.82, 2.24) is 14.5 Å². The van der Waals surface area contributed by atoms with Crippen LogP contribution in [-0.4, -0.2) is 20.4 Å². The summed E-state index contributed by atoms with van der Waals surface area (Å²) in [4.78, 5) is 30.3. The van der Waals surface area contributed by atoms with E-state index in [4.69, 9.17) is 5.73 Å². The average molecular weight is 280 g/mol. The highest BCUT2D eigenvalue weighted by molar-refractivity contribution is 6.22. The second-order valence-corrected chi connectivity index (χ2v) is 4.47. The second kappa shape index (κ2) is 5.09. The number of carbonyl (C=O) groups is 1. The number of nitrogens with two attached hydrogens (primary N) is 1. The van der Waals surface area contributed by atoms with Gasteiger partial charge in [-0.25, -0.2) is 4.79 Å². The number of aromatic nitrogens is 3. The van der Waals surface area contributed by atoms with Crippen LogP contribution in [0.3, 0.4) is 0 Å². The molecule has 3 N–H and O–H groups in total. The predicted molar refractivity (Wildman–Crippen MR) is 80.2 cm³/mol. The third-order valence-electron chi connectivity index (χ3n) is 3.13. The molecular weight excluding hydrogens is 268 g/mol. The van der Waals surface area contributed by atoms with Gasteiger partial charge in [-0.1, -0.05) is 30.3 Å². The Hall–Kier alpha value is -3.15. The van der Waals surface area contributed by atoms with E-state index in [0.29, 0.717) is 16.6 Å². The fraction of sp³-hybridized carbons (Fsp3) is 0. The van der Waals surface area contributed by atoms with Gasteiger partial charge in [0.25, 0.3) is 5.91 Å². The molecule has 2 heterocycles. The quantitative estimate of drug-likeness (QED) is 0.706. The van der Waals surface area contributed by atoms with Crippen LogP contribution in [-0.2, 0) is 4.79 Å². The van der Waals surface area contributed by atoms with E-state index in [0.717, 1.165) is 0 Å².